The highest BCUT2D eigenvalue weighted by Gasteiger charge is 2.31. The topological polar surface area (TPSA) is 30.8 Å². The molecular weight excluding hydrogens is 357 g/mol. The molecule has 1 atom stereocenters. The molecule has 3 rings (SSSR count). The summed E-state index contributed by atoms with van der Waals surface area (Å²) in [5, 5.41) is 0. The summed E-state index contributed by atoms with van der Waals surface area (Å²) in [6.07, 6.45) is 0.872. The third kappa shape index (κ3) is 3.36. The molecule has 1 unspecified atom stereocenters. The first kappa shape index (κ1) is 18.2. The van der Waals surface area contributed by atoms with E-state index in [4.69, 9.17) is 9.47 Å². The van der Waals surface area contributed by atoms with Gasteiger partial charge in [0, 0.05) is 6.42 Å². The van der Waals surface area contributed by atoms with Crippen molar-refractivity contribution in [3.63, 3.8) is 0 Å². The molecule has 0 saturated heterocycles. The van der Waals surface area contributed by atoms with E-state index in [2.05, 4.69) is 4.99 Å². The molecule has 0 spiro atoms. The summed E-state index contributed by atoms with van der Waals surface area (Å²) in [6, 6.07) is 6.71. The van der Waals surface area contributed by atoms with Gasteiger partial charge >= 0.3 is 0 Å². The predicted molar refractivity (Wildman–Crippen MR) is 83.8 cm³/mol. The summed E-state index contributed by atoms with van der Waals surface area (Å²) in [5.74, 6) is -10.1. The lowest BCUT2D eigenvalue weighted by Crippen LogP contribution is -2.26. The van der Waals surface area contributed by atoms with E-state index in [0.717, 1.165) is 5.56 Å². The summed E-state index contributed by atoms with van der Waals surface area (Å²) in [7, 11) is 1.54. The number of aliphatic imine (C=N–C) groups is 1. The molecule has 2 aromatic rings. The van der Waals surface area contributed by atoms with Gasteiger partial charge in [-0.15, -0.1) is 0 Å². The lowest BCUT2D eigenvalue weighted by atomic mass is 10.0. The van der Waals surface area contributed by atoms with Crippen molar-refractivity contribution >= 4 is 5.90 Å². The zero-order valence-electron chi connectivity index (χ0n) is 13.7. The van der Waals surface area contributed by atoms with Crippen LogP contribution >= 0.6 is 0 Å². The molecule has 8 heteroatoms. The molecule has 0 bridgehead atoms. The number of hydrogen-bond acceptors (Lipinski definition) is 3. The summed E-state index contributed by atoms with van der Waals surface area (Å²) >= 11 is 0. The minimum Gasteiger partial charge on any atom is -0.497 e. The van der Waals surface area contributed by atoms with Crippen molar-refractivity contribution in [1.82, 2.24) is 0 Å². The van der Waals surface area contributed by atoms with Gasteiger partial charge in [0.1, 0.15) is 11.3 Å². The molecule has 0 aliphatic carbocycles. The third-order valence-corrected chi connectivity index (χ3v) is 4.04. The van der Waals surface area contributed by atoms with Crippen molar-refractivity contribution in [2.45, 2.75) is 18.9 Å². The second-order valence-electron chi connectivity index (χ2n) is 5.72. The molecule has 3 nitrogen and oxygen atoms in total. The van der Waals surface area contributed by atoms with Crippen LogP contribution in [0.1, 0.15) is 17.5 Å². The number of rotatable bonds is 4. The van der Waals surface area contributed by atoms with E-state index < -0.39 is 46.6 Å². The highest BCUT2D eigenvalue weighted by atomic mass is 19.2. The number of ether oxygens (including phenoxy) is 2. The Morgan fingerprint density at radius 1 is 0.962 bits per heavy atom. The number of benzene rings is 2. The van der Waals surface area contributed by atoms with Gasteiger partial charge < -0.3 is 9.47 Å². The summed E-state index contributed by atoms with van der Waals surface area (Å²) < 4.78 is 77.9. The second-order valence-corrected chi connectivity index (χ2v) is 5.72. The molecule has 0 aromatic heterocycles. The number of nitrogens with zero attached hydrogens (tertiary/aromatic N) is 1. The van der Waals surface area contributed by atoms with Crippen LogP contribution in [0.4, 0.5) is 22.0 Å². The molecule has 2 aromatic carbocycles. The van der Waals surface area contributed by atoms with Crippen LogP contribution in [0.15, 0.2) is 29.3 Å². The minimum atomic E-state index is -2.21. The summed E-state index contributed by atoms with van der Waals surface area (Å²) in [4.78, 5) is 4.05. The van der Waals surface area contributed by atoms with Crippen LogP contribution in [0.3, 0.4) is 0 Å². The Kier molecular flexibility index (Phi) is 5.11. The van der Waals surface area contributed by atoms with Gasteiger partial charge in [-0.1, -0.05) is 12.1 Å². The maximum absolute atomic E-state index is 13.9. The average molecular weight is 371 g/mol. The molecule has 1 heterocycles. The summed E-state index contributed by atoms with van der Waals surface area (Å²) in [6.45, 7) is 0.0547. The zero-order chi connectivity index (χ0) is 18.8. The van der Waals surface area contributed by atoms with E-state index in [1.54, 1.807) is 12.1 Å². The van der Waals surface area contributed by atoms with Gasteiger partial charge in [-0.2, -0.15) is 0 Å². The molecule has 0 N–H and O–H groups in total. The first-order valence-electron chi connectivity index (χ1n) is 7.77. The lowest BCUT2D eigenvalue weighted by Gasteiger charge is -2.22. The van der Waals surface area contributed by atoms with E-state index in [9.17, 15) is 22.0 Å². The van der Waals surface area contributed by atoms with Crippen LogP contribution in [0, 0.1) is 29.1 Å². The normalized spacial score (nSPS) is 16.8. The molecule has 26 heavy (non-hydrogen) atoms. The molecule has 1 aliphatic heterocycles. The van der Waals surface area contributed by atoms with Gasteiger partial charge in [-0.3, -0.25) is 0 Å². The molecule has 0 saturated carbocycles. The lowest BCUT2D eigenvalue weighted by molar-refractivity contribution is 0.256. The van der Waals surface area contributed by atoms with Gasteiger partial charge in [-0.25, -0.2) is 26.9 Å². The van der Waals surface area contributed by atoms with E-state index in [1.165, 1.54) is 7.11 Å². The first-order valence-corrected chi connectivity index (χ1v) is 7.77. The van der Waals surface area contributed by atoms with Crippen LogP contribution in [0.25, 0.3) is 0 Å². The van der Waals surface area contributed by atoms with Crippen LogP contribution in [0.2, 0.25) is 0 Å². The van der Waals surface area contributed by atoms with Crippen molar-refractivity contribution in [3.05, 3.63) is 64.5 Å². The van der Waals surface area contributed by atoms with Crippen molar-refractivity contribution < 1.29 is 31.4 Å². The van der Waals surface area contributed by atoms with Crippen molar-refractivity contribution in [2.24, 2.45) is 4.99 Å². The Morgan fingerprint density at radius 2 is 1.54 bits per heavy atom. The van der Waals surface area contributed by atoms with E-state index in [1.807, 2.05) is 12.1 Å². The highest BCUT2D eigenvalue weighted by molar-refractivity contribution is 5.95. The Hall–Kier alpha value is -2.64. The quantitative estimate of drug-likeness (QED) is 0.459. The number of hydrogen-bond donors (Lipinski definition) is 0. The van der Waals surface area contributed by atoms with Crippen molar-refractivity contribution in [1.29, 1.82) is 0 Å². The van der Waals surface area contributed by atoms with Gasteiger partial charge in [-0.05, 0) is 24.1 Å². The van der Waals surface area contributed by atoms with Crippen LogP contribution in [-0.4, -0.2) is 25.7 Å². The zero-order valence-corrected chi connectivity index (χ0v) is 13.7. The smallest absolute Gasteiger partial charge is 0.222 e. The summed E-state index contributed by atoms with van der Waals surface area (Å²) in [5.41, 5.74) is -0.251. The van der Waals surface area contributed by atoms with E-state index >= 15 is 0 Å². The Balaban J connectivity index is 1.91. The second kappa shape index (κ2) is 7.31. The van der Waals surface area contributed by atoms with Gasteiger partial charge in [0.05, 0.1) is 19.8 Å². The van der Waals surface area contributed by atoms with E-state index in [-0.39, 0.29) is 6.61 Å². The van der Waals surface area contributed by atoms with Gasteiger partial charge in [0.15, 0.2) is 23.3 Å². The van der Waals surface area contributed by atoms with Gasteiger partial charge in [0.25, 0.3) is 0 Å². The van der Waals surface area contributed by atoms with Gasteiger partial charge in [0.2, 0.25) is 11.7 Å². The first-order chi connectivity index (χ1) is 12.4. The Labute approximate surface area is 146 Å². The molecule has 138 valence electrons. The van der Waals surface area contributed by atoms with Crippen LogP contribution < -0.4 is 4.74 Å². The standard InChI is InChI=1S/C18H14F5NO2/c1-25-11-4-2-9(3-5-11)8-10-6-7-26-18(24-10)12-13(19)15(21)17(23)16(22)14(12)20/h2-5,10H,6-8H2,1H3. The maximum atomic E-state index is 13.9. The minimum absolute atomic E-state index is 0.0547. The third-order valence-electron chi connectivity index (χ3n) is 4.04. The fourth-order valence-corrected chi connectivity index (χ4v) is 2.67. The average Bonchev–Trinajstić information content (AvgIpc) is 2.66. The molecule has 1 aliphatic rings. The molecule has 0 fully saturated rings. The monoisotopic (exact) mass is 371 g/mol. The fraction of sp³-hybridized carbons (Fsp3) is 0.278. The fourth-order valence-electron chi connectivity index (χ4n) is 2.67. The van der Waals surface area contributed by atoms with E-state index in [0.29, 0.717) is 18.6 Å². The molecule has 0 amide bonds. The molecular formula is C18H14F5NO2. The number of halogens is 5. The SMILES string of the molecule is COc1ccc(CC2CCOC(c3c(F)c(F)c(F)c(F)c3F)=N2)cc1. The van der Waals surface area contributed by atoms with Crippen LogP contribution in [-0.2, 0) is 11.2 Å². The van der Waals surface area contributed by atoms with Crippen LogP contribution in [0.5, 0.6) is 5.75 Å². The number of methoxy groups -OCH3 is 1. The molecule has 0 radical (unpaired) electrons. The largest absolute Gasteiger partial charge is 0.497 e. The highest BCUT2D eigenvalue weighted by Crippen LogP contribution is 2.26. The van der Waals surface area contributed by atoms with Crippen molar-refractivity contribution in [2.75, 3.05) is 13.7 Å². The maximum Gasteiger partial charge on any atom is 0.222 e. The van der Waals surface area contributed by atoms with Crippen molar-refractivity contribution in [3.8, 4) is 5.75 Å². The predicted octanol–water partition coefficient (Wildman–Crippen LogP) is 4.17. The Bertz CT molecular complexity index is 823. The Morgan fingerprint density at radius 3 is 2.12 bits per heavy atom.